The second-order valence-corrected chi connectivity index (χ2v) is 4.73. The molecule has 0 saturated carbocycles. The van der Waals surface area contributed by atoms with Gasteiger partial charge < -0.3 is 4.74 Å². The van der Waals surface area contributed by atoms with Gasteiger partial charge in [-0.25, -0.2) is 9.18 Å². The van der Waals surface area contributed by atoms with E-state index in [1.807, 2.05) is 30.3 Å². The molecule has 0 aromatic heterocycles. The first kappa shape index (κ1) is 13.3. The summed E-state index contributed by atoms with van der Waals surface area (Å²) in [5, 5.41) is 0. The minimum atomic E-state index is -0.408. The van der Waals surface area contributed by atoms with E-state index in [-0.39, 0.29) is 5.82 Å². The maximum atomic E-state index is 13.1. The largest absolute Gasteiger partial charge is 0.466 e. The summed E-state index contributed by atoms with van der Waals surface area (Å²) in [4.78, 5) is 11.6. The number of benzene rings is 2. The van der Waals surface area contributed by atoms with Crippen LogP contribution in [0.2, 0.25) is 0 Å². The fraction of sp³-hybridized carbons (Fsp3) is 0.0556. The van der Waals surface area contributed by atoms with Crippen molar-refractivity contribution in [3.63, 3.8) is 0 Å². The lowest BCUT2D eigenvalue weighted by atomic mass is 9.97. The third kappa shape index (κ3) is 2.50. The molecule has 104 valence electrons. The summed E-state index contributed by atoms with van der Waals surface area (Å²) in [5.41, 5.74) is 4.56. The first-order chi connectivity index (χ1) is 10.2. The second-order valence-electron chi connectivity index (χ2n) is 4.73. The number of rotatable bonds is 2. The highest BCUT2D eigenvalue weighted by Gasteiger charge is 2.20. The Labute approximate surface area is 122 Å². The van der Waals surface area contributed by atoms with Gasteiger partial charge in [-0.3, -0.25) is 0 Å². The maximum absolute atomic E-state index is 13.1. The minimum Gasteiger partial charge on any atom is -0.466 e. The van der Waals surface area contributed by atoms with E-state index in [0.717, 1.165) is 27.8 Å². The summed E-state index contributed by atoms with van der Waals surface area (Å²) in [5.74, 6) is -0.692. The van der Waals surface area contributed by atoms with Crippen LogP contribution in [0.5, 0.6) is 0 Å². The monoisotopic (exact) mass is 280 g/mol. The van der Waals surface area contributed by atoms with Crippen molar-refractivity contribution in [3.05, 3.63) is 77.1 Å². The Hall–Kier alpha value is -2.68. The molecule has 0 atom stereocenters. The molecule has 0 fully saturated rings. The molecule has 0 heterocycles. The molecule has 3 rings (SSSR count). The summed E-state index contributed by atoms with van der Waals surface area (Å²) < 4.78 is 17.8. The van der Waals surface area contributed by atoms with Crippen LogP contribution in [0.1, 0.15) is 16.7 Å². The average molecular weight is 280 g/mol. The zero-order chi connectivity index (χ0) is 14.8. The van der Waals surface area contributed by atoms with Gasteiger partial charge in [0, 0.05) is 6.08 Å². The van der Waals surface area contributed by atoms with Crippen LogP contribution in [0.4, 0.5) is 4.39 Å². The van der Waals surface area contributed by atoms with Crippen LogP contribution in [0.3, 0.4) is 0 Å². The van der Waals surface area contributed by atoms with Crippen molar-refractivity contribution in [1.82, 2.24) is 0 Å². The summed E-state index contributed by atoms with van der Waals surface area (Å²) in [7, 11) is 1.35. The lowest BCUT2D eigenvalue weighted by molar-refractivity contribution is -0.134. The van der Waals surface area contributed by atoms with Gasteiger partial charge in [-0.05, 0) is 46.0 Å². The van der Waals surface area contributed by atoms with E-state index in [2.05, 4.69) is 0 Å². The lowest BCUT2D eigenvalue weighted by Gasteiger charge is -2.07. The highest BCUT2D eigenvalue weighted by Crippen LogP contribution is 2.41. The molecule has 0 radical (unpaired) electrons. The number of methoxy groups -OCH3 is 1. The van der Waals surface area contributed by atoms with Gasteiger partial charge in [0.15, 0.2) is 0 Å². The Morgan fingerprint density at radius 3 is 2.52 bits per heavy atom. The van der Waals surface area contributed by atoms with Crippen LogP contribution in [-0.4, -0.2) is 13.1 Å². The fourth-order valence-electron chi connectivity index (χ4n) is 2.45. The van der Waals surface area contributed by atoms with E-state index < -0.39 is 5.97 Å². The average Bonchev–Trinajstić information content (AvgIpc) is 2.87. The van der Waals surface area contributed by atoms with Crippen molar-refractivity contribution in [2.45, 2.75) is 0 Å². The number of ether oxygens (including phenoxy) is 1. The van der Waals surface area contributed by atoms with Crippen molar-refractivity contribution in [2.24, 2.45) is 0 Å². The summed E-state index contributed by atoms with van der Waals surface area (Å²) in [6.07, 6.45) is 3.47. The quantitative estimate of drug-likeness (QED) is 0.615. The van der Waals surface area contributed by atoms with Gasteiger partial charge in [-0.2, -0.15) is 0 Å². The Morgan fingerprint density at radius 1 is 1.10 bits per heavy atom. The number of carbonyl (C=O) groups is 1. The predicted molar refractivity (Wildman–Crippen MR) is 80.7 cm³/mol. The second kappa shape index (κ2) is 5.37. The molecule has 0 spiro atoms. The van der Waals surface area contributed by atoms with Crippen molar-refractivity contribution in [3.8, 4) is 0 Å². The van der Waals surface area contributed by atoms with E-state index in [1.54, 1.807) is 12.1 Å². The SMILES string of the molecule is COC(=O)/C=C1/C(c2ccc(F)cc2)=Cc2ccccc21. The third-order valence-corrected chi connectivity index (χ3v) is 3.46. The van der Waals surface area contributed by atoms with E-state index >= 15 is 0 Å². The molecular weight excluding hydrogens is 267 g/mol. The summed E-state index contributed by atoms with van der Waals surface area (Å²) >= 11 is 0. The molecule has 0 saturated heterocycles. The molecule has 2 aromatic carbocycles. The van der Waals surface area contributed by atoms with Crippen molar-refractivity contribution < 1.29 is 13.9 Å². The zero-order valence-corrected chi connectivity index (χ0v) is 11.5. The Morgan fingerprint density at radius 2 is 1.81 bits per heavy atom. The molecule has 0 aliphatic heterocycles. The Kier molecular flexibility index (Phi) is 3.40. The van der Waals surface area contributed by atoms with Gasteiger partial charge in [0.1, 0.15) is 5.82 Å². The molecule has 21 heavy (non-hydrogen) atoms. The minimum absolute atomic E-state index is 0.284. The first-order valence-corrected chi connectivity index (χ1v) is 6.56. The predicted octanol–water partition coefficient (Wildman–Crippen LogP) is 3.94. The van der Waals surface area contributed by atoms with Crippen LogP contribution in [0, 0.1) is 5.82 Å². The fourth-order valence-corrected chi connectivity index (χ4v) is 2.45. The molecule has 1 aliphatic carbocycles. The van der Waals surface area contributed by atoms with Crippen molar-refractivity contribution in [2.75, 3.05) is 7.11 Å². The van der Waals surface area contributed by atoms with Crippen LogP contribution in [-0.2, 0) is 9.53 Å². The normalized spacial score (nSPS) is 14.8. The Balaban J connectivity index is 2.13. The summed E-state index contributed by atoms with van der Waals surface area (Å²) in [6.45, 7) is 0. The Bertz CT molecular complexity index is 755. The van der Waals surface area contributed by atoms with Crippen LogP contribution < -0.4 is 0 Å². The summed E-state index contributed by atoms with van der Waals surface area (Å²) in [6, 6.07) is 14.0. The van der Waals surface area contributed by atoms with E-state index in [9.17, 15) is 9.18 Å². The molecule has 2 aromatic rings. The number of esters is 1. The molecule has 0 N–H and O–H groups in total. The third-order valence-electron chi connectivity index (χ3n) is 3.46. The van der Waals surface area contributed by atoms with E-state index in [1.165, 1.54) is 25.3 Å². The molecular formula is C18H13FO2. The van der Waals surface area contributed by atoms with Crippen molar-refractivity contribution >= 4 is 23.2 Å². The topological polar surface area (TPSA) is 26.3 Å². The van der Waals surface area contributed by atoms with Crippen LogP contribution in [0.25, 0.3) is 17.2 Å². The van der Waals surface area contributed by atoms with Gasteiger partial charge in [0.2, 0.25) is 0 Å². The number of carbonyl (C=O) groups excluding carboxylic acids is 1. The standard InChI is InChI=1S/C18H13FO2/c1-21-18(20)11-17-15-5-3-2-4-13(15)10-16(17)12-6-8-14(19)9-7-12/h2-11H,1H3/b17-11+. The van der Waals surface area contributed by atoms with Gasteiger partial charge in [-0.15, -0.1) is 0 Å². The highest BCUT2D eigenvalue weighted by molar-refractivity contribution is 6.20. The number of hydrogen-bond acceptors (Lipinski definition) is 2. The lowest BCUT2D eigenvalue weighted by Crippen LogP contribution is -1.97. The van der Waals surface area contributed by atoms with Gasteiger partial charge in [0.05, 0.1) is 7.11 Å². The molecule has 0 bridgehead atoms. The van der Waals surface area contributed by atoms with Crippen LogP contribution >= 0.6 is 0 Å². The zero-order valence-electron chi connectivity index (χ0n) is 11.5. The van der Waals surface area contributed by atoms with Crippen LogP contribution in [0.15, 0.2) is 54.6 Å². The van der Waals surface area contributed by atoms with Gasteiger partial charge >= 0.3 is 5.97 Å². The molecule has 0 unspecified atom stereocenters. The van der Waals surface area contributed by atoms with E-state index in [4.69, 9.17) is 4.74 Å². The number of hydrogen-bond donors (Lipinski definition) is 0. The number of fused-ring (bicyclic) bond motifs is 1. The maximum Gasteiger partial charge on any atom is 0.331 e. The van der Waals surface area contributed by atoms with Gasteiger partial charge in [0.25, 0.3) is 0 Å². The van der Waals surface area contributed by atoms with E-state index in [0.29, 0.717) is 0 Å². The molecule has 3 heteroatoms. The van der Waals surface area contributed by atoms with Gasteiger partial charge in [-0.1, -0.05) is 36.4 Å². The van der Waals surface area contributed by atoms with Crippen molar-refractivity contribution in [1.29, 1.82) is 0 Å². The molecule has 1 aliphatic rings. The molecule has 0 amide bonds. The molecule has 2 nitrogen and oxygen atoms in total. The number of allylic oxidation sites excluding steroid dienone is 2. The smallest absolute Gasteiger partial charge is 0.331 e. The first-order valence-electron chi connectivity index (χ1n) is 6.56. The highest BCUT2D eigenvalue weighted by atomic mass is 19.1. The number of halogens is 1.